The van der Waals surface area contributed by atoms with Crippen molar-refractivity contribution in [3.63, 3.8) is 0 Å². The molecule has 0 bridgehead atoms. The number of hydrogen-bond acceptors (Lipinski definition) is 4. The van der Waals surface area contributed by atoms with Gasteiger partial charge in [-0.25, -0.2) is 0 Å². The Kier molecular flexibility index (Phi) is 13.4. The van der Waals surface area contributed by atoms with Crippen LogP contribution in [0.1, 0.15) is 77.6 Å². The molecule has 1 rings (SSSR count). The van der Waals surface area contributed by atoms with Crippen LogP contribution in [-0.2, 0) is 14.3 Å². The third-order valence-corrected chi connectivity index (χ3v) is 4.98. The molecule has 0 amide bonds. The van der Waals surface area contributed by atoms with Gasteiger partial charge >= 0.3 is 11.9 Å². The van der Waals surface area contributed by atoms with Crippen LogP contribution in [-0.4, -0.2) is 18.5 Å². The van der Waals surface area contributed by atoms with Crippen LogP contribution in [0.5, 0.6) is 5.75 Å². The molecule has 0 aliphatic rings. The summed E-state index contributed by atoms with van der Waals surface area (Å²) in [4.78, 5) is 23.4. The summed E-state index contributed by atoms with van der Waals surface area (Å²) in [6, 6.07) is 2.97. The summed E-state index contributed by atoms with van der Waals surface area (Å²) in [6.45, 7) is 2.66. The summed E-state index contributed by atoms with van der Waals surface area (Å²) in [5, 5.41) is 0.823. The van der Waals surface area contributed by atoms with Gasteiger partial charge in [0.05, 0.1) is 16.7 Å². The molecule has 0 aromatic heterocycles. The van der Waals surface area contributed by atoms with E-state index < -0.39 is 0 Å². The fraction of sp³-hybridized carbons (Fsp3) is 0.619. The first-order valence-corrected chi connectivity index (χ1v) is 11.1. The maximum atomic E-state index is 11.9. The van der Waals surface area contributed by atoms with Crippen LogP contribution in [0.4, 0.5) is 0 Å². The summed E-state index contributed by atoms with van der Waals surface area (Å²) < 4.78 is 10.4. The van der Waals surface area contributed by atoms with Crippen molar-refractivity contribution in [1.82, 2.24) is 0 Å². The average Bonchev–Trinajstić information content (AvgIpc) is 2.64. The highest BCUT2D eigenvalue weighted by atomic mass is 35.5. The second-order valence-electron chi connectivity index (χ2n) is 6.72. The smallest absolute Gasteiger partial charge is 0.311 e. The average molecular weight is 452 g/mol. The molecule has 1 aromatic carbocycles. The maximum absolute atomic E-state index is 11.9. The minimum absolute atomic E-state index is 0.0987. The van der Waals surface area contributed by atoms with Crippen molar-refractivity contribution in [2.24, 2.45) is 0 Å². The van der Waals surface area contributed by atoms with E-state index in [0.29, 0.717) is 24.5 Å². The predicted molar refractivity (Wildman–Crippen MR) is 115 cm³/mol. The molecular formula is C21H29Cl3O4. The Morgan fingerprint density at radius 2 is 1.32 bits per heavy atom. The first-order chi connectivity index (χ1) is 13.4. The van der Waals surface area contributed by atoms with Gasteiger partial charge in [0.25, 0.3) is 0 Å². The molecule has 0 saturated carbocycles. The first-order valence-electron chi connectivity index (χ1n) is 9.95. The van der Waals surface area contributed by atoms with Crippen LogP contribution in [0.25, 0.3) is 0 Å². The third kappa shape index (κ3) is 11.1. The molecule has 0 spiro atoms. The van der Waals surface area contributed by atoms with E-state index in [1.165, 1.54) is 12.1 Å². The maximum Gasteiger partial charge on any atom is 0.311 e. The van der Waals surface area contributed by atoms with E-state index in [-0.39, 0.29) is 27.7 Å². The molecule has 0 radical (unpaired) electrons. The van der Waals surface area contributed by atoms with Crippen molar-refractivity contribution in [3.05, 3.63) is 27.2 Å². The lowest BCUT2D eigenvalue weighted by Gasteiger charge is -2.08. The molecule has 28 heavy (non-hydrogen) atoms. The Bertz CT molecular complexity index is 597. The summed E-state index contributed by atoms with van der Waals surface area (Å²) in [6.07, 6.45) is 9.51. The molecule has 0 saturated heterocycles. The monoisotopic (exact) mass is 450 g/mol. The van der Waals surface area contributed by atoms with Crippen LogP contribution in [0, 0.1) is 0 Å². The van der Waals surface area contributed by atoms with Gasteiger partial charge < -0.3 is 9.47 Å². The minimum atomic E-state index is -0.364. The lowest BCUT2D eigenvalue weighted by molar-refractivity contribution is -0.144. The Hall–Kier alpha value is -0.970. The highest BCUT2D eigenvalue weighted by Crippen LogP contribution is 2.36. The van der Waals surface area contributed by atoms with E-state index in [2.05, 4.69) is 6.92 Å². The Labute approximate surface area is 182 Å². The number of esters is 2. The van der Waals surface area contributed by atoms with Crippen LogP contribution >= 0.6 is 34.8 Å². The van der Waals surface area contributed by atoms with E-state index in [1.807, 2.05) is 0 Å². The second-order valence-corrected chi connectivity index (χ2v) is 7.97. The molecule has 0 atom stereocenters. The van der Waals surface area contributed by atoms with E-state index in [9.17, 15) is 9.59 Å². The number of ether oxygens (including phenoxy) is 2. The summed E-state index contributed by atoms with van der Waals surface area (Å²) >= 11 is 17.8. The number of benzene rings is 1. The van der Waals surface area contributed by atoms with Crippen molar-refractivity contribution >= 4 is 46.7 Å². The van der Waals surface area contributed by atoms with Crippen LogP contribution in [0.15, 0.2) is 12.1 Å². The summed E-state index contributed by atoms with van der Waals surface area (Å²) in [7, 11) is 0. The molecule has 1 aromatic rings. The highest BCUT2D eigenvalue weighted by Gasteiger charge is 2.13. The van der Waals surface area contributed by atoms with Crippen molar-refractivity contribution in [1.29, 1.82) is 0 Å². The number of unbranched alkanes of at least 4 members (excludes halogenated alkanes) is 7. The number of halogens is 3. The van der Waals surface area contributed by atoms with Crippen LogP contribution in [0.3, 0.4) is 0 Å². The van der Waals surface area contributed by atoms with Gasteiger partial charge in [0.2, 0.25) is 0 Å². The van der Waals surface area contributed by atoms with Gasteiger partial charge in [0, 0.05) is 17.9 Å². The van der Waals surface area contributed by atoms with Crippen molar-refractivity contribution in [2.45, 2.75) is 77.6 Å². The summed E-state index contributed by atoms with van der Waals surface area (Å²) in [5.41, 5.74) is 0. The number of carbonyl (C=O) groups is 2. The highest BCUT2D eigenvalue weighted by molar-refractivity contribution is 6.40. The van der Waals surface area contributed by atoms with Crippen LogP contribution in [0.2, 0.25) is 15.1 Å². The van der Waals surface area contributed by atoms with Gasteiger partial charge in [-0.3, -0.25) is 9.59 Å². The van der Waals surface area contributed by atoms with E-state index >= 15 is 0 Å². The van der Waals surface area contributed by atoms with Crippen LogP contribution < -0.4 is 4.74 Å². The Morgan fingerprint density at radius 3 is 1.89 bits per heavy atom. The zero-order valence-corrected chi connectivity index (χ0v) is 18.7. The molecule has 0 N–H and O–H groups in total. The number of carbonyl (C=O) groups excluding carboxylic acids is 2. The van der Waals surface area contributed by atoms with Gasteiger partial charge in [-0.1, -0.05) is 80.3 Å². The molecule has 0 heterocycles. The minimum Gasteiger partial charge on any atom is -0.466 e. The van der Waals surface area contributed by atoms with Gasteiger partial charge in [-0.05, 0) is 31.4 Å². The fourth-order valence-electron chi connectivity index (χ4n) is 2.65. The third-order valence-electron chi connectivity index (χ3n) is 4.20. The SMILES string of the molecule is CCCCCOC(=O)CCCCCCCCC(=O)Oc1c(Cl)cc(Cl)cc1Cl. The largest absolute Gasteiger partial charge is 0.466 e. The van der Waals surface area contributed by atoms with Gasteiger partial charge in [0.1, 0.15) is 0 Å². The quantitative estimate of drug-likeness (QED) is 0.168. The molecule has 7 heteroatoms. The van der Waals surface area contributed by atoms with E-state index in [0.717, 1.165) is 57.8 Å². The second kappa shape index (κ2) is 14.9. The van der Waals surface area contributed by atoms with Crippen molar-refractivity contribution in [2.75, 3.05) is 6.61 Å². The van der Waals surface area contributed by atoms with Crippen molar-refractivity contribution in [3.8, 4) is 5.75 Å². The van der Waals surface area contributed by atoms with Gasteiger partial charge in [-0.2, -0.15) is 0 Å². The number of rotatable bonds is 14. The zero-order chi connectivity index (χ0) is 20.8. The summed E-state index contributed by atoms with van der Waals surface area (Å²) in [5.74, 6) is -0.311. The Balaban J connectivity index is 2.04. The number of hydrogen-bond donors (Lipinski definition) is 0. The van der Waals surface area contributed by atoms with E-state index in [1.54, 1.807) is 0 Å². The fourth-order valence-corrected chi connectivity index (χ4v) is 3.54. The molecule has 4 nitrogen and oxygen atoms in total. The van der Waals surface area contributed by atoms with Crippen molar-refractivity contribution < 1.29 is 19.1 Å². The normalized spacial score (nSPS) is 10.7. The predicted octanol–water partition coefficient (Wildman–Crippen LogP) is 7.41. The zero-order valence-electron chi connectivity index (χ0n) is 16.4. The molecule has 0 aliphatic carbocycles. The molecule has 0 unspecified atom stereocenters. The van der Waals surface area contributed by atoms with Gasteiger partial charge in [-0.15, -0.1) is 0 Å². The van der Waals surface area contributed by atoms with Gasteiger partial charge in [0.15, 0.2) is 5.75 Å². The Morgan fingerprint density at radius 1 is 0.786 bits per heavy atom. The van der Waals surface area contributed by atoms with E-state index in [4.69, 9.17) is 44.3 Å². The molecule has 0 aliphatic heterocycles. The molecule has 0 fully saturated rings. The lowest BCUT2D eigenvalue weighted by atomic mass is 10.1. The standard InChI is InChI=1S/C21H29Cl3O4/c1-2-3-10-13-27-19(25)11-8-6-4-5-7-9-12-20(26)28-21-17(23)14-16(22)15-18(21)24/h14-15H,2-13H2,1H3. The molecule has 158 valence electrons. The molecular weight excluding hydrogens is 423 g/mol. The first kappa shape index (κ1) is 25.1. The lowest BCUT2D eigenvalue weighted by Crippen LogP contribution is -2.08. The topological polar surface area (TPSA) is 52.6 Å².